The number of piperazine rings is 1. The quantitative estimate of drug-likeness (QED) is 0.773. The topological polar surface area (TPSA) is 69.9 Å². The standard InChI is InChI=1S/C17H32N4O2/c1-3-17(4-2,14-18)16(23)21-11-9-20(10-12-21)15(22)13-19-7-5-6-8-19/h3-14,18H2,1-2H3. The summed E-state index contributed by atoms with van der Waals surface area (Å²) in [7, 11) is 0. The summed E-state index contributed by atoms with van der Waals surface area (Å²) in [6, 6.07) is 0. The van der Waals surface area contributed by atoms with E-state index in [1.54, 1.807) is 0 Å². The van der Waals surface area contributed by atoms with Crippen LogP contribution in [0, 0.1) is 5.41 Å². The number of rotatable bonds is 6. The molecule has 6 heteroatoms. The maximum Gasteiger partial charge on any atom is 0.236 e. The van der Waals surface area contributed by atoms with Crippen molar-refractivity contribution < 1.29 is 9.59 Å². The second-order valence-electron chi connectivity index (χ2n) is 6.85. The molecule has 0 bridgehead atoms. The molecule has 23 heavy (non-hydrogen) atoms. The third-order valence-electron chi connectivity index (χ3n) is 5.68. The van der Waals surface area contributed by atoms with Crippen LogP contribution in [0.2, 0.25) is 0 Å². The zero-order chi connectivity index (χ0) is 16.9. The van der Waals surface area contributed by atoms with E-state index in [0.29, 0.717) is 39.3 Å². The minimum absolute atomic E-state index is 0.164. The summed E-state index contributed by atoms with van der Waals surface area (Å²) in [5, 5.41) is 0. The highest BCUT2D eigenvalue weighted by Crippen LogP contribution is 2.28. The van der Waals surface area contributed by atoms with Crippen LogP contribution in [0.4, 0.5) is 0 Å². The lowest BCUT2D eigenvalue weighted by Gasteiger charge is -2.40. The minimum atomic E-state index is -0.429. The molecule has 6 nitrogen and oxygen atoms in total. The van der Waals surface area contributed by atoms with E-state index in [9.17, 15) is 9.59 Å². The van der Waals surface area contributed by atoms with E-state index in [1.807, 2.05) is 23.6 Å². The van der Waals surface area contributed by atoms with Gasteiger partial charge in [-0.15, -0.1) is 0 Å². The maximum absolute atomic E-state index is 12.8. The van der Waals surface area contributed by atoms with E-state index in [-0.39, 0.29) is 11.8 Å². The average Bonchev–Trinajstić information content (AvgIpc) is 3.10. The minimum Gasteiger partial charge on any atom is -0.339 e. The van der Waals surface area contributed by atoms with Crippen molar-refractivity contribution in [3.8, 4) is 0 Å². The van der Waals surface area contributed by atoms with E-state index in [1.165, 1.54) is 12.8 Å². The van der Waals surface area contributed by atoms with E-state index >= 15 is 0 Å². The zero-order valence-electron chi connectivity index (χ0n) is 14.7. The average molecular weight is 324 g/mol. The molecule has 0 aromatic carbocycles. The van der Waals surface area contributed by atoms with Crippen LogP contribution in [0.3, 0.4) is 0 Å². The summed E-state index contributed by atoms with van der Waals surface area (Å²) in [6.45, 7) is 9.62. The molecule has 2 amide bonds. The SMILES string of the molecule is CCC(CC)(CN)C(=O)N1CCN(C(=O)CN2CCCC2)CC1. The first-order valence-electron chi connectivity index (χ1n) is 9.06. The summed E-state index contributed by atoms with van der Waals surface area (Å²) >= 11 is 0. The summed E-state index contributed by atoms with van der Waals surface area (Å²) in [5.41, 5.74) is 5.46. The Balaban J connectivity index is 1.85. The number of hydrogen-bond donors (Lipinski definition) is 1. The van der Waals surface area contributed by atoms with Gasteiger partial charge in [0.05, 0.1) is 12.0 Å². The van der Waals surface area contributed by atoms with Crippen molar-refractivity contribution in [3.63, 3.8) is 0 Å². The van der Waals surface area contributed by atoms with E-state index < -0.39 is 5.41 Å². The number of nitrogens with zero attached hydrogens (tertiary/aromatic N) is 3. The van der Waals surface area contributed by atoms with Crippen molar-refractivity contribution >= 4 is 11.8 Å². The second-order valence-corrected chi connectivity index (χ2v) is 6.85. The number of carbonyl (C=O) groups excluding carboxylic acids is 2. The molecular weight excluding hydrogens is 292 g/mol. The Morgan fingerprint density at radius 3 is 1.91 bits per heavy atom. The molecule has 2 heterocycles. The predicted molar refractivity (Wildman–Crippen MR) is 90.9 cm³/mol. The fourth-order valence-corrected chi connectivity index (χ4v) is 3.65. The normalized spacial score (nSPS) is 20.1. The molecule has 132 valence electrons. The number of nitrogens with two attached hydrogens (primary N) is 1. The molecule has 2 fully saturated rings. The highest BCUT2D eigenvalue weighted by Gasteiger charge is 2.38. The van der Waals surface area contributed by atoms with Gasteiger partial charge in [-0.2, -0.15) is 0 Å². The van der Waals surface area contributed by atoms with Gasteiger partial charge in [0.2, 0.25) is 11.8 Å². The van der Waals surface area contributed by atoms with E-state index in [2.05, 4.69) is 4.90 Å². The fraction of sp³-hybridized carbons (Fsp3) is 0.882. The van der Waals surface area contributed by atoms with Crippen molar-refractivity contribution in [1.29, 1.82) is 0 Å². The molecule has 0 radical (unpaired) electrons. The Hall–Kier alpha value is -1.14. The van der Waals surface area contributed by atoms with Gasteiger partial charge < -0.3 is 15.5 Å². The Morgan fingerprint density at radius 1 is 0.913 bits per heavy atom. The molecular formula is C17H32N4O2. The number of likely N-dealkylation sites (tertiary alicyclic amines) is 1. The molecule has 2 saturated heterocycles. The molecule has 2 aliphatic heterocycles. The van der Waals surface area contributed by atoms with E-state index in [4.69, 9.17) is 5.73 Å². The molecule has 0 aromatic heterocycles. The lowest BCUT2D eigenvalue weighted by atomic mass is 9.81. The largest absolute Gasteiger partial charge is 0.339 e. The van der Waals surface area contributed by atoms with Gasteiger partial charge in [-0.25, -0.2) is 0 Å². The smallest absolute Gasteiger partial charge is 0.236 e. The fourth-order valence-electron chi connectivity index (χ4n) is 3.65. The monoisotopic (exact) mass is 324 g/mol. The first-order chi connectivity index (χ1) is 11.1. The molecule has 0 unspecified atom stereocenters. The van der Waals surface area contributed by atoms with Crippen molar-refractivity contribution in [2.45, 2.75) is 39.5 Å². The molecule has 2 aliphatic rings. The van der Waals surface area contributed by atoms with Crippen LogP contribution in [0.25, 0.3) is 0 Å². The number of carbonyl (C=O) groups is 2. The summed E-state index contributed by atoms with van der Waals surface area (Å²) in [4.78, 5) is 31.2. The van der Waals surface area contributed by atoms with Crippen LogP contribution in [0.15, 0.2) is 0 Å². The van der Waals surface area contributed by atoms with E-state index in [0.717, 1.165) is 25.9 Å². The lowest BCUT2D eigenvalue weighted by molar-refractivity contribution is -0.147. The molecule has 2 rings (SSSR count). The number of hydrogen-bond acceptors (Lipinski definition) is 4. The third-order valence-corrected chi connectivity index (χ3v) is 5.68. The highest BCUT2D eigenvalue weighted by molar-refractivity contribution is 5.83. The van der Waals surface area contributed by atoms with Crippen molar-refractivity contribution in [1.82, 2.24) is 14.7 Å². The van der Waals surface area contributed by atoms with Crippen molar-refractivity contribution in [3.05, 3.63) is 0 Å². The van der Waals surface area contributed by atoms with Gasteiger partial charge in [0.1, 0.15) is 0 Å². The van der Waals surface area contributed by atoms with Gasteiger partial charge in [0.15, 0.2) is 0 Å². The van der Waals surface area contributed by atoms with Gasteiger partial charge in [-0.1, -0.05) is 13.8 Å². The van der Waals surface area contributed by atoms with Crippen molar-refractivity contribution in [2.75, 3.05) is 52.4 Å². The summed E-state index contributed by atoms with van der Waals surface area (Å²) in [6.07, 6.45) is 3.94. The first kappa shape index (κ1) is 18.2. The third kappa shape index (κ3) is 4.04. The summed E-state index contributed by atoms with van der Waals surface area (Å²) in [5.74, 6) is 0.367. The Bertz CT molecular complexity index is 401. The number of amides is 2. The maximum atomic E-state index is 12.8. The Morgan fingerprint density at radius 2 is 1.43 bits per heavy atom. The highest BCUT2D eigenvalue weighted by atomic mass is 16.2. The first-order valence-corrected chi connectivity index (χ1v) is 9.06. The van der Waals surface area contributed by atoms with Gasteiger partial charge in [-0.3, -0.25) is 14.5 Å². The molecule has 2 N–H and O–H groups in total. The Labute approximate surface area is 140 Å². The Kier molecular flexibility index (Phi) is 6.41. The summed E-state index contributed by atoms with van der Waals surface area (Å²) < 4.78 is 0. The molecule has 0 aromatic rings. The molecule has 0 aliphatic carbocycles. The van der Waals surface area contributed by atoms with Crippen LogP contribution in [0.1, 0.15) is 39.5 Å². The molecule has 0 spiro atoms. The zero-order valence-corrected chi connectivity index (χ0v) is 14.7. The molecule has 0 saturated carbocycles. The van der Waals surface area contributed by atoms with Gasteiger partial charge in [0, 0.05) is 32.7 Å². The van der Waals surface area contributed by atoms with Crippen LogP contribution >= 0.6 is 0 Å². The molecule has 0 atom stereocenters. The van der Waals surface area contributed by atoms with Crippen LogP contribution < -0.4 is 5.73 Å². The van der Waals surface area contributed by atoms with Gasteiger partial charge in [-0.05, 0) is 38.8 Å². The lowest BCUT2D eigenvalue weighted by Crippen LogP contribution is -2.56. The predicted octanol–water partition coefficient (Wildman–Crippen LogP) is 0.518. The van der Waals surface area contributed by atoms with Crippen LogP contribution in [0.5, 0.6) is 0 Å². The van der Waals surface area contributed by atoms with Crippen LogP contribution in [-0.4, -0.2) is 78.9 Å². The van der Waals surface area contributed by atoms with Gasteiger partial charge in [0.25, 0.3) is 0 Å². The van der Waals surface area contributed by atoms with Crippen molar-refractivity contribution in [2.24, 2.45) is 11.1 Å². The second kappa shape index (κ2) is 8.11. The van der Waals surface area contributed by atoms with Crippen LogP contribution in [-0.2, 0) is 9.59 Å². The van der Waals surface area contributed by atoms with Gasteiger partial charge >= 0.3 is 0 Å².